The van der Waals surface area contributed by atoms with Crippen LogP contribution in [0.5, 0.6) is 5.75 Å². The number of benzene rings is 1. The van der Waals surface area contributed by atoms with Crippen LogP contribution in [-0.4, -0.2) is 36.0 Å². The van der Waals surface area contributed by atoms with Gasteiger partial charge in [-0.05, 0) is 48.1 Å². The molecule has 1 aliphatic heterocycles. The summed E-state index contributed by atoms with van der Waals surface area (Å²) in [7, 11) is 1.64. The number of hydrogen-bond acceptors (Lipinski definition) is 6. The molecule has 4 rings (SSSR count). The van der Waals surface area contributed by atoms with Crippen molar-refractivity contribution in [3.63, 3.8) is 0 Å². The number of nitrogens with zero attached hydrogens (tertiary/aromatic N) is 2. The topological polar surface area (TPSA) is 54.5 Å². The highest BCUT2D eigenvalue weighted by atomic mass is 32.1. The summed E-state index contributed by atoms with van der Waals surface area (Å²) in [5.74, 6) is 0.692. The summed E-state index contributed by atoms with van der Waals surface area (Å²) in [6.45, 7) is 5.65. The van der Waals surface area contributed by atoms with Crippen molar-refractivity contribution in [2.24, 2.45) is 0 Å². The largest absolute Gasteiger partial charge is 0.497 e. The number of aromatic nitrogens is 1. The highest BCUT2D eigenvalue weighted by Crippen LogP contribution is 2.25. The van der Waals surface area contributed by atoms with E-state index in [4.69, 9.17) is 4.74 Å². The van der Waals surface area contributed by atoms with E-state index in [2.05, 4.69) is 33.6 Å². The van der Waals surface area contributed by atoms with E-state index < -0.39 is 0 Å². The number of thiophene rings is 1. The average Bonchev–Trinajstić information content (AvgIpc) is 3.29. The number of hydrogen-bond donors (Lipinski definition) is 1. The highest BCUT2D eigenvalue weighted by molar-refractivity contribution is 7.13. The van der Waals surface area contributed by atoms with E-state index in [1.54, 1.807) is 18.4 Å². The van der Waals surface area contributed by atoms with Gasteiger partial charge in [-0.15, -0.1) is 22.7 Å². The summed E-state index contributed by atoms with van der Waals surface area (Å²) in [5, 5.41) is 5.71. The number of fused-ring (bicyclic) bond motifs is 1. The van der Waals surface area contributed by atoms with Crippen LogP contribution in [-0.2, 0) is 25.9 Å². The zero-order chi connectivity index (χ0) is 20.2. The maximum atomic E-state index is 12.6. The van der Waals surface area contributed by atoms with Crippen LogP contribution >= 0.6 is 22.7 Å². The van der Waals surface area contributed by atoms with Crippen molar-refractivity contribution in [1.29, 1.82) is 0 Å². The Kier molecular flexibility index (Phi) is 6.28. The molecule has 29 heavy (non-hydrogen) atoms. The second kappa shape index (κ2) is 9.07. The predicted molar refractivity (Wildman–Crippen MR) is 118 cm³/mol. The van der Waals surface area contributed by atoms with Gasteiger partial charge in [0.05, 0.1) is 12.8 Å². The Morgan fingerprint density at radius 1 is 1.28 bits per heavy atom. The number of amides is 1. The Bertz CT molecular complexity index is 970. The van der Waals surface area contributed by atoms with Gasteiger partial charge >= 0.3 is 0 Å². The molecule has 0 aliphatic carbocycles. The van der Waals surface area contributed by atoms with Gasteiger partial charge in [-0.1, -0.05) is 12.1 Å². The fourth-order valence-electron chi connectivity index (χ4n) is 3.47. The number of rotatable bonds is 6. The standard InChI is InChI=1S/C22H25N3O2S2/c1-15-8-11-28-20(15)14-25-9-6-18-19(7-10-25)29-22(24-18)21(26)23-13-16-4-3-5-17(12-16)27-2/h3-5,8,11-12H,6-7,9-10,13-14H2,1-2H3,(H,23,26). The number of nitrogens with one attached hydrogen (secondary N) is 1. The van der Waals surface area contributed by atoms with Crippen molar-refractivity contribution in [2.75, 3.05) is 20.2 Å². The second-order valence-electron chi connectivity index (χ2n) is 7.23. The molecular weight excluding hydrogens is 402 g/mol. The molecule has 0 saturated carbocycles. The van der Waals surface area contributed by atoms with Gasteiger partial charge in [0.15, 0.2) is 5.01 Å². The Morgan fingerprint density at radius 3 is 2.93 bits per heavy atom. The molecule has 3 heterocycles. The molecule has 5 nitrogen and oxygen atoms in total. The molecule has 0 fully saturated rings. The lowest BCUT2D eigenvalue weighted by molar-refractivity contribution is 0.0950. The summed E-state index contributed by atoms with van der Waals surface area (Å²) >= 11 is 3.37. The van der Waals surface area contributed by atoms with Crippen molar-refractivity contribution < 1.29 is 9.53 Å². The number of thiazole rings is 1. The molecule has 2 aromatic heterocycles. The first-order chi connectivity index (χ1) is 14.1. The molecule has 7 heteroatoms. The van der Waals surface area contributed by atoms with Gasteiger partial charge in [0, 0.05) is 42.4 Å². The van der Waals surface area contributed by atoms with Crippen molar-refractivity contribution in [3.05, 3.63) is 67.3 Å². The quantitative estimate of drug-likeness (QED) is 0.645. The zero-order valence-electron chi connectivity index (χ0n) is 16.7. The van der Waals surface area contributed by atoms with Crippen molar-refractivity contribution in [2.45, 2.75) is 32.9 Å². The Labute approximate surface area is 179 Å². The molecule has 0 bridgehead atoms. The van der Waals surface area contributed by atoms with Crippen LogP contribution < -0.4 is 10.1 Å². The molecule has 1 aliphatic rings. The van der Waals surface area contributed by atoms with E-state index in [0.717, 1.165) is 49.5 Å². The molecular formula is C22H25N3O2S2. The van der Waals surface area contributed by atoms with Gasteiger partial charge in [-0.2, -0.15) is 0 Å². The average molecular weight is 428 g/mol. The third-order valence-corrected chi connectivity index (χ3v) is 7.38. The summed E-state index contributed by atoms with van der Waals surface area (Å²) in [4.78, 5) is 22.4. The summed E-state index contributed by atoms with van der Waals surface area (Å²) < 4.78 is 5.23. The lowest BCUT2D eigenvalue weighted by Crippen LogP contribution is -2.26. The zero-order valence-corrected chi connectivity index (χ0v) is 18.4. The van der Waals surface area contributed by atoms with Crippen LogP contribution in [0.1, 0.15) is 36.4 Å². The first-order valence-corrected chi connectivity index (χ1v) is 11.5. The molecule has 0 radical (unpaired) electrons. The van der Waals surface area contributed by atoms with E-state index >= 15 is 0 Å². The van der Waals surface area contributed by atoms with Crippen molar-refractivity contribution >= 4 is 28.6 Å². The van der Waals surface area contributed by atoms with Gasteiger partial charge < -0.3 is 10.1 Å². The van der Waals surface area contributed by atoms with E-state index in [9.17, 15) is 4.79 Å². The van der Waals surface area contributed by atoms with E-state index in [-0.39, 0.29) is 5.91 Å². The van der Waals surface area contributed by atoms with Gasteiger partial charge in [-0.25, -0.2) is 4.98 Å². The summed E-state index contributed by atoms with van der Waals surface area (Å²) in [6.07, 6.45) is 1.86. The number of aryl methyl sites for hydroxylation is 1. The lowest BCUT2D eigenvalue weighted by Gasteiger charge is -2.19. The van der Waals surface area contributed by atoms with E-state index in [1.165, 1.54) is 15.3 Å². The summed E-state index contributed by atoms with van der Waals surface area (Å²) in [6, 6.07) is 9.92. The molecule has 0 saturated heterocycles. The van der Waals surface area contributed by atoms with Crippen LogP contribution in [0.15, 0.2) is 35.7 Å². The molecule has 0 spiro atoms. The molecule has 1 amide bonds. The predicted octanol–water partition coefficient (Wildman–Crippen LogP) is 4.05. The fraction of sp³-hybridized carbons (Fsp3) is 0.364. The van der Waals surface area contributed by atoms with Crippen LogP contribution in [0.2, 0.25) is 0 Å². The number of carbonyl (C=O) groups excluding carboxylic acids is 1. The number of ether oxygens (including phenoxy) is 1. The molecule has 1 aromatic carbocycles. The van der Waals surface area contributed by atoms with Gasteiger partial charge in [0.25, 0.3) is 5.91 Å². The fourth-order valence-corrected chi connectivity index (χ4v) is 5.43. The minimum Gasteiger partial charge on any atom is -0.497 e. The Morgan fingerprint density at radius 2 is 2.14 bits per heavy atom. The molecule has 3 aromatic rings. The van der Waals surface area contributed by atoms with Gasteiger partial charge in [0.1, 0.15) is 5.75 Å². The minimum atomic E-state index is -0.100. The number of carbonyl (C=O) groups is 1. The Balaban J connectivity index is 1.34. The monoisotopic (exact) mass is 427 g/mol. The minimum absolute atomic E-state index is 0.100. The SMILES string of the molecule is COc1cccc(CNC(=O)c2nc3c(s2)CCN(Cc2sccc2C)CC3)c1. The van der Waals surface area contributed by atoms with Gasteiger partial charge in [-0.3, -0.25) is 9.69 Å². The van der Waals surface area contributed by atoms with Crippen LogP contribution in [0.4, 0.5) is 0 Å². The first-order valence-electron chi connectivity index (χ1n) is 9.77. The molecule has 1 N–H and O–H groups in total. The van der Waals surface area contributed by atoms with Crippen LogP contribution in [0.25, 0.3) is 0 Å². The van der Waals surface area contributed by atoms with Gasteiger partial charge in [0.2, 0.25) is 0 Å². The molecule has 152 valence electrons. The van der Waals surface area contributed by atoms with E-state index in [1.807, 2.05) is 35.6 Å². The van der Waals surface area contributed by atoms with Crippen molar-refractivity contribution in [1.82, 2.24) is 15.2 Å². The van der Waals surface area contributed by atoms with E-state index in [0.29, 0.717) is 11.6 Å². The highest BCUT2D eigenvalue weighted by Gasteiger charge is 2.21. The van der Waals surface area contributed by atoms with Crippen molar-refractivity contribution in [3.8, 4) is 5.75 Å². The lowest BCUT2D eigenvalue weighted by atomic mass is 10.2. The summed E-state index contributed by atoms with van der Waals surface area (Å²) in [5.41, 5.74) is 3.48. The third-order valence-electron chi connectivity index (χ3n) is 5.22. The maximum absolute atomic E-state index is 12.6. The first kappa shape index (κ1) is 20.1. The Hall–Kier alpha value is -2.22. The van der Waals surface area contributed by atoms with Crippen LogP contribution in [0, 0.1) is 6.92 Å². The number of methoxy groups -OCH3 is 1. The smallest absolute Gasteiger partial charge is 0.280 e. The maximum Gasteiger partial charge on any atom is 0.280 e. The normalized spacial score (nSPS) is 14.3. The second-order valence-corrected chi connectivity index (χ2v) is 9.31. The molecule has 0 unspecified atom stereocenters. The third kappa shape index (κ3) is 4.86. The van der Waals surface area contributed by atoms with Crippen LogP contribution in [0.3, 0.4) is 0 Å². The molecule has 0 atom stereocenters.